The summed E-state index contributed by atoms with van der Waals surface area (Å²) in [6, 6.07) is 9.15. The van der Waals surface area contributed by atoms with Crippen LogP contribution in [-0.4, -0.2) is 25.1 Å². The van der Waals surface area contributed by atoms with E-state index in [1.807, 2.05) is 38.1 Å². The van der Waals surface area contributed by atoms with Gasteiger partial charge in [0.1, 0.15) is 10.8 Å². The average Bonchev–Trinajstić information content (AvgIpc) is 2.95. The predicted molar refractivity (Wildman–Crippen MR) is 100 cm³/mol. The Morgan fingerprint density at radius 1 is 1.16 bits per heavy atom. The highest BCUT2D eigenvalue weighted by molar-refractivity contribution is 7.16. The Kier molecular flexibility index (Phi) is 6.77. The van der Waals surface area contributed by atoms with Gasteiger partial charge in [0.05, 0.1) is 18.8 Å². The molecule has 0 saturated heterocycles. The van der Waals surface area contributed by atoms with Crippen molar-refractivity contribution in [3.63, 3.8) is 0 Å². The van der Waals surface area contributed by atoms with Crippen molar-refractivity contribution in [2.75, 3.05) is 18.5 Å². The van der Waals surface area contributed by atoms with E-state index in [9.17, 15) is 9.59 Å². The number of aryl methyl sites for hydroxylation is 1. The quantitative estimate of drug-likeness (QED) is 0.592. The predicted octanol–water partition coefficient (Wildman–Crippen LogP) is 4.28. The highest BCUT2D eigenvalue weighted by Gasteiger charge is 2.17. The number of carbonyl (C=O) groups excluding carboxylic acids is 2. The van der Waals surface area contributed by atoms with E-state index >= 15 is 0 Å². The summed E-state index contributed by atoms with van der Waals surface area (Å²) < 4.78 is 10.4. The lowest BCUT2D eigenvalue weighted by molar-refractivity contribution is -0.111. The number of thiophene rings is 1. The van der Waals surface area contributed by atoms with Crippen LogP contribution in [0.5, 0.6) is 5.75 Å². The first kappa shape index (κ1) is 18.7. The second-order valence-electron chi connectivity index (χ2n) is 5.14. The van der Waals surface area contributed by atoms with Gasteiger partial charge in [0.25, 0.3) is 0 Å². The highest BCUT2D eigenvalue weighted by atomic mass is 32.1. The van der Waals surface area contributed by atoms with Crippen molar-refractivity contribution in [1.82, 2.24) is 0 Å². The van der Waals surface area contributed by atoms with Gasteiger partial charge in [-0.3, -0.25) is 4.79 Å². The van der Waals surface area contributed by atoms with Crippen LogP contribution < -0.4 is 10.1 Å². The number of anilines is 1. The van der Waals surface area contributed by atoms with Crippen LogP contribution >= 0.6 is 11.3 Å². The molecule has 25 heavy (non-hydrogen) atoms. The van der Waals surface area contributed by atoms with Crippen molar-refractivity contribution < 1.29 is 19.1 Å². The third-order valence-corrected chi connectivity index (χ3v) is 4.17. The molecule has 1 heterocycles. The van der Waals surface area contributed by atoms with Gasteiger partial charge in [-0.05, 0) is 50.6 Å². The molecule has 0 aliphatic heterocycles. The molecule has 132 valence electrons. The molecule has 0 bridgehead atoms. The Morgan fingerprint density at radius 2 is 1.88 bits per heavy atom. The summed E-state index contributed by atoms with van der Waals surface area (Å²) in [5, 5.41) is 3.24. The van der Waals surface area contributed by atoms with E-state index < -0.39 is 5.97 Å². The molecule has 0 saturated carbocycles. The number of rotatable bonds is 7. The first-order chi connectivity index (χ1) is 12.0. The largest absolute Gasteiger partial charge is 0.494 e. The molecule has 0 fully saturated rings. The van der Waals surface area contributed by atoms with Gasteiger partial charge < -0.3 is 14.8 Å². The molecule has 1 aromatic heterocycles. The summed E-state index contributed by atoms with van der Waals surface area (Å²) in [7, 11) is 0. The fourth-order valence-electron chi connectivity index (χ4n) is 2.13. The molecule has 0 atom stereocenters. The molecule has 0 radical (unpaired) electrons. The third kappa shape index (κ3) is 5.46. The zero-order valence-corrected chi connectivity index (χ0v) is 15.3. The van der Waals surface area contributed by atoms with Crippen molar-refractivity contribution in [1.29, 1.82) is 0 Å². The molecule has 6 heteroatoms. The van der Waals surface area contributed by atoms with E-state index in [0.29, 0.717) is 23.8 Å². The van der Waals surface area contributed by atoms with Crippen LogP contribution in [0.2, 0.25) is 0 Å². The number of nitrogens with one attached hydrogen (secondary N) is 1. The lowest BCUT2D eigenvalue weighted by Gasteiger charge is -2.04. The molecule has 2 aromatic rings. The van der Waals surface area contributed by atoms with E-state index in [4.69, 9.17) is 9.47 Å². The van der Waals surface area contributed by atoms with E-state index in [-0.39, 0.29) is 5.91 Å². The summed E-state index contributed by atoms with van der Waals surface area (Å²) in [6.07, 6.45) is 3.13. The topological polar surface area (TPSA) is 64.6 Å². The number of ether oxygens (including phenoxy) is 2. The normalized spacial score (nSPS) is 10.7. The van der Waals surface area contributed by atoms with E-state index in [2.05, 4.69) is 5.32 Å². The van der Waals surface area contributed by atoms with Crippen LogP contribution in [0.25, 0.3) is 6.08 Å². The lowest BCUT2D eigenvalue weighted by Crippen LogP contribution is -2.11. The van der Waals surface area contributed by atoms with Gasteiger partial charge >= 0.3 is 5.97 Å². The van der Waals surface area contributed by atoms with Gasteiger partial charge in [-0.1, -0.05) is 12.1 Å². The molecular formula is C19H21NO4S. The molecule has 1 N–H and O–H groups in total. The van der Waals surface area contributed by atoms with Crippen LogP contribution in [0, 0.1) is 6.92 Å². The Labute approximate surface area is 151 Å². The minimum Gasteiger partial charge on any atom is -0.494 e. The fourth-order valence-corrected chi connectivity index (χ4v) is 3.04. The second-order valence-corrected chi connectivity index (χ2v) is 6.40. The first-order valence-corrected chi connectivity index (χ1v) is 8.84. The average molecular weight is 359 g/mol. The SMILES string of the molecule is CCOC(=O)c1cc(C)sc1NC(=O)/C=C/c1ccc(OCC)cc1. The van der Waals surface area contributed by atoms with Gasteiger partial charge in [-0.2, -0.15) is 0 Å². The standard InChI is InChI=1S/C19H21NO4S/c1-4-23-15-9-6-14(7-10-15)8-11-17(21)20-18-16(12-13(3)25-18)19(22)24-5-2/h6-12H,4-5H2,1-3H3,(H,20,21)/b11-8+. The zero-order chi connectivity index (χ0) is 18.2. The molecule has 2 rings (SSSR count). The van der Waals surface area contributed by atoms with Crippen LogP contribution in [-0.2, 0) is 9.53 Å². The lowest BCUT2D eigenvalue weighted by atomic mass is 10.2. The number of esters is 1. The Bertz CT molecular complexity index is 762. The van der Waals surface area contributed by atoms with Gasteiger partial charge in [-0.25, -0.2) is 4.79 Å². The summed E-state index contributed by atoms with van der Waals surface area (Å²) in [4.78, 5) is 25.0. The van der Waals surface area contributed by atoms with Crippen molar-refractivity contribution in [2.24, 2.45) is 0 Å². The maximum Gasteiger partial charge on any atom is 0.341 e. The fraction of sp³-hybridized carbons (Fsp3) is 0.263. The summed E-state index contributed by atoms with van der Waals surface area (Å²) >= 11 is 1.34. The van der Waals surface area contributed by atoms with E-state index in [0.717, 1.165) is 16.2 Å². The van der Waals surface area contributed by atoms with Gasteiger partial charge in [-0.15, -0.1) is 11.3 Å². The zero-order valence-electron chi connectivity index (χ0n) is 14.5. The smallest absolute Gasteiger partial charge is 0.341 e. The first-order valence-electron chi connectivity index (χ1n) is 8.03. The van der Waals surface area contributed by atoms with Crippen molar-refractivity contribution in [3.05, 3.63) is 52.4 Å². The molecule has 0 aliphatic carbocycles. The van der Waals surface area contributed by atoms with Crippen molar-refractivity contribution >= 4 is 34.3 Å². The van der Waals surface area contributed by atoms with Crippen LogP contribution in [0.1, 0.15) is 34.6 Å². The van der Waals surface area contributed by atoms with Crippen LogP contribution in [0.4, 0.5) is 5.00 Å². The van der Waals surface area contributed by atoms with Crippen LogP contribution in [0.3, 0.4) is 0 Å². The molecule has 1 aromatic carbocycles. The van der Waals surface area contributed by atoms with Crippen molar-refractivity contribution in [2.45, 2.75) is 20.8 Å². The van der Waals surface area contributed by atoms with E-state index in [1.165, 1.54) is 17.4 Å². The monoisotopic (exact) mass is 359 g/mol. The summed E-state index contributed by atoms with van der Waals surface area (Å²) in [6.45, 7) is 6.45. The van der Waals surface area contributed by atoms with Crippen LogP contribution in [0.15, 0.2) is 36.4 Å². The summed E-state index contributed by atoms with van der Waals surface area (Å²) in [5.74, 6) is 0.0520. The van der Waals surface area contributed by atoms with Gasteiger partial charge in [0.15, 0.2) is 0 Å². The number of hydrogen-bond acceptors (Lipinski definition) is 5. The number of benzene rings is 1. The maximum atomic E-state index is 12.1. The number of carbonyl (C=O) groups is 2. The van der Waals surface area contributed by atoms with Gasteiger partial charge in [0, 0.05) is 11.0 Å². The Morgan fingerprint density at radius 3 is 2.52 bits per heavy atom. The number of hydrogen-bond donors (Lipinski definition) is 1. The second kappa shape index (κ2) is 9.03. The highest BCUT2D eigenvalue weighted by Crippen LogP contribution is 2.28. The number of amides is 1. The van der Waals surface area contributed by atoms with Crippen molar-refractivity contribution in [3.8, 4) is 5.75 Å². The molecule has 0 unspecified atom stereocenters. The Hall–Kier alpha value is -2.60. The molecular weight excluding hydrogens is 338 g/mol. The molecule has 1 amide bonds. The maximum absolute atomic E-state index is 12.1. The minimum atomic E-state index is -0.433. The third-order valence-electron chi connectivity index (χ3n) is 3.21. The van der Waals surface area contributed by atoms with Gasteiger partial charge in [0.2, 0.25) is 5.91 Å². The summed E-state index contributed by atoms with van der Waals surface area (Å²) in [5.41, 5.74) is 1.26. The Balaban J connectivity index is 2.03. The molecule has 0 spiro atoms. The van der Waals surface area contributed by atoms with E-state index in [1.54, 1.807) is 19.1 Å². The minimum absolute atomic E-state index is 0.290. The molecule has 0 aliphatic rings. The molecule has 5 nitrogen and oxygen atoms in total.